The Bertz CT molecular complexity index is 650. The predicted octanol–water partition coefficient (Wildman–Crippen LogP) is 3.91. The molecule has 21 heavy (non-hydrogen) atoms. The van der Waals surface area contributed by atoms with E-state index in [0.29, 0.717) is 5.82 Å². The van der Waals surface area contributed by atoms with Gasteiger partial charge in [0, 0.05) is 11.3 Å². The Morgan fingerprint density at radius 1 is 1.29 bits per heavy atom. The topological polar surface area (TPSA) is 64.9 Å². The van der Waals surface area contributed by atoms with Crippen LogP contribution in [-0.4, -0.2) is 15.9 Å². The first-order valence-electron chi connectivity index (χ1n) is 6.37. The average Bonchev–Trinajstić information content (AvgIpc) is 3.08. The maximum atomic E-state index is 12.8. The summed E-state index contributed by atoms with van der Waals surface area (Å²) in [6, 6.07) is 3.25. The number of nitrogens with two attached hydrogens (primary N) is 1. The summed E-state index contributed by atoms with van der Waals surface area (Å²) in [4.78, 5) is 4.21. The maximum absolute atomic E-state index is 12.8. The van der Waals surface area contributed by atoms with Gasteiger partial charge in [-0.2, -0.15) is 29.9 Å². The van der Waals surface area contributed by atoms with Gasteiger partial charge < -0.3 is 10.3 Å². The van der Waals surface area contributed by atoms with E-state index in [0.717, 1.165) is 30.7 Å². The van der Waals surface area contributed by atoms with E-state index in [2.05, 4.69) is 10.1 Å². The minimum absolute atomic E-state index is 0.00909. The lowest BCUT2D eigenvalue weighted by atomic mass is 10.1. The number of rotatable bonds is 2. The van der Waals surface area contributed by atoms with E-state index in [-0.39, 0.29) is 22.4 Å². The Labute approximate surface area is 122 Å². The second-order valence-corrected chi connectivity index (χ2v) is 6.11. The molecule has 2 heterocycles. The lowest BCUT2D eigenvalue weighted by Crippen LogP contribution is -2.06. The molecule has 1 saturated heterocycles. The van der Waals surface area contributed by atoms with Crippen LogP contribution in [0.1, 0.15) is 29.5 Å². The zero-order chi connectivity index (χ0) is 15.0. The van der Waals surface area contributed by atoms with Gasteiger partial charge in [-0.25, -0.2) is 0 Å². The van der Waals surface area contributed by atoms with E-state index in [1.165, 1.54) is 6.07 Å². The molecule has 2 N–H and O–H groups in total. The van der Waals surface area contributed by atoms with Gasteiger partial charge in [0.2, 0.25) is 0 Å². The molecule has 112 valence electrons. The van der Waals surface area contributed by atoms with Gasteiger partial charge >= 0.3 is 6.18 Å². The summed E-state index contributed by atoms with van der Waals surface area (Å²) in [5.74, 6) is 1.63. The summed E-state index contributed by atoms with van der Waals surface area (Å²) in [6.07, 6.45) is -2.43. The molecule has 1 aromatic carbocycles. The van der Waals surface area contributed by atoms with Crippen LogP contribution in [0.4, 0.5) is 18.9 Å². The number of aromatic nitrogens is 2. The highest BCUT2D eigenvalue weighted by molar-refractivity contribution is 7.99. The van der Waals surface area contributed by atoms with Crippen molar-refractivity contribution in [3.05, 3.63) is 29.6 Å². The van der Waals surface area contributed by atoms with Crippen molar-refractivity contribution in [2.75, 3.05) is 11.5 Å². The number of halogens is 3. The molecular weight excluding hydrogens is 303 g/mol. The number of alkyl halides is 3. The molecule has 3 rings (SSSR count). The summed E-state index contributed by atoms with van der Waals surface area (Å²) >= 11 is 1.72. The molecule has 1 aliphatic rings. The van der Waals surface area contributed by atoms with Crippen molar-refractivity contribution in [3.8, 4) is 11.5 Å². The van der Waals surface area contributed by atoms with Crippen LogP contribution < -0.4 is 5.73 Å². The standard InChI is InChI=1S/C13H12F3N3OS/c14-13(15,16)8-4-7(5-9(17)6-8)12-18-11(19-20-12)10-2-1-3-21-10/h4-6,10H,1-3,17H2. The zero-order valence-electron chi connectivity index (χ0n) is 10.9. The van der Waals surface area contributed by atoms with Gasteiger partial charge in [0.25, 0.3) is 5.89 Å². The van der Waals surface area contributed by atoms with E-state index < -0.39 is 11.7 Å². The minimum Gasteiger partial charge on any atom is -0.399 e. The second-order valence-electron chi connectivity index (χ2n) is 4.80. The van der Waals surface area contributed by atoms with Crippen LogP contribution in [0.5, 0.6) is 0 Å². The fraction of sp³-hybridized carbons (Fsp3) is 0.385. The summed E-state index contributed by atoms with van der Waals surface area (Å²) in [5, 5.41) is 4.03. The third kappa shape index (κ3) is 2.99. The number of anilines is 1. The lowest BCUT2D eigenvalue weighted by Gasteiger charge is -2.08. The smallest absolute Gasteiger partial charge is 0.399 e. The number of benzene rings is 1. The van der Waals surface area contributed by atoms with Crippen molar-refractivity contribution in [2.24, 2.45) is 0 Å². The van der Waals surface area contributed by atoms with E-state index in [9.17, 15) is 13.2 Å². The molecular formula is C13H12F3N3OS. The molecule has 0 amide bonds. The van der Waals surface area contributed by atoms with E-state index in [4.69, 9.17) is 10.3 Å². The normalized spacial score (nSPS) is 19.1. The molecule has 1 atom stereocenters. The molecule has 0 bridgehead atoms. The average molecular weight is 315 g/mol. The molecule has 0 aliphatic carbocycles. The van der Waals surface area contributed by atoms with E-state index in [1.807, 2.05) is 0 Å². The number of hydrogen-bond acceptors (Lipinski definition) is 5. The third-order valence-electron chi connectivity index (χ3n) is 3.19. The van der Waals surface area contributed by atoms with Crippen LogP contribution in [0.2, 0.25) is 0 Å². The number of hydrogen-bond donors (Lipinski definition) is 1. The monoisotopic (exact) mass is 315 g/mol. The van der Waals surface area contributed by atoms with Crippen LogP contribution in [0.25, 0.3) is 11.5 Å². The first-order chi connectivity index (χ1) is 9.93. The van der Waals surface area contributed by atoms with E-state index in [1.54, 1.807) is 11.8 Å². The van der Waals surface area contributed by atoms with Crippen LogP contribution in [-0.2, 0) is 6.18 Å². The molecule has 0 radical (unpaired) electrons. The largest absolute Gasteiger partial charge is 0.416 e. The zero-order valence-corrected chi connectivity index (χ0v) is 11.7. The Hall–Kier alpha value is -1.70. The third-order valence-corrected chi connectivity index (χ3v) is 4.56. The molecule has 1 fully saturated rings. The van der Waals surface area contributed by atoms with Gasteiger partial charge in [-0.05, 0) is 36.8 Å². The summed E-state index contributed by atoms with van der Waals surface area (Å²) in [6.45, 7) is 0. The van der Waals surface area contributed by atoms with Gasteiger partial charge in [0.1, 0.15) is 0 Å². The Balaban J connectivity index is 1.95. The van der Waals surface area contributed by atoms with Gasteiger partial charge in [0.15, 0.2) is 5.82 Å². The van der Waals surface area contributed by atoms with Crippen molar-refractivity contribution in [3.63, 3.8) is 0 Å². The quantitative estimate of drug-likeness (QED) is 0.851. The number of nitrogens with zero attached hydrogens (tertiary/aromatic N) is 2. The fourth-order valence-electron chi connectivity index (χ4n) is 2.20. The van der Waals surface area contributed by atoms with Gasteiger partial charge in [0.05, 0.1) is 10.8 Å². The molecule has 0 spiro atoms. The highest BCUT2D eigenvalue weighted by Gasteiger charge is 2.32. The SMILES string of the molecule is Nc1cc(-c2nc(C3CCCS3)no2)cc(C(F)(F)F)c1. The molecule has 1 aliphatic heterocycles. The van der Waals surface area contributed by atoms with E-state index >= 15 is 0 Å². The minimum atomic E-state index is -4.46. The second kappa shape index (κ2) is 5.25. The lowest BCUT2D eigenvalue weighted by molar-refractivity contribution is -0.137. The first-order valence-corrected chi connectivity index (χ1v) is 7.42. The molecule has 0 saturated carbocycles. The maximum Gasteiger partial charge on any atom is 0.416 e. The fourth-order valence-corrected chi connectivity index (χ4v) is 3.40. The first kappa shape index (κ1) is 14.2. The number of thioether (sulfide) groups is 1. The summed E-state index contributed by atoms with van der Waals surface area (Å²) < 4.78 is 43.5. The molecule has 1 aromatic heterocycles. The van der Waals surface area contributed by atoms with Crippen LogP contribution in [0.15, 0.2) is 22.7 Å². The Morgan fingerprint density at radius 3 is 2.76 bits per heavy atom. The Morgan fingerprint density at radius 2 is 2.10 bits per heavy atom. The highest BCUT2D eigenvalue weighted by atomic mass is 32.2. The predicted molar refractivity (Wildman–Crippen MR) is 73.6 cm³/mol. The van der Waals surface area contributed by atoms with Crippen molar-refractivity contribution in [1.82, 2.24) is 10.1 Å². The van der Waals surface area contributed by atoms with Crippen molar-refractivity contribution >= 4 is 17.4 Å². The Kier molecular flexibility index (Phi) is 3.56. The van der Waals surface area contributed by atoms with Crippen molar-refractivity contribution in [1.29, 1.82) is 0 Å². The van der Waals surface area contributed by atoms with Gasteiger partial charge in [-0.3, -0.25) is 0 Å². The molecule has 4 nitrogen and oxygen atoms in total. The molecule has 2 aromatic rings. The summed E-state index contributed by atoms with van der Waals surface area (Å²) in [7, 11) is 0. The van der Waals surface area contributed by atoms with Gasteiger partial charge in [-0.15, -0.1) is 0 Å². The van der Waals surface area contributed by atoms with Crippen LogP contribution >= 0.6 is 11.8 Å². The van der Waals surface area contributed by atoms with Gasteiger partial charge in [-0.1, -0.05) is 5.16 Å². The van der Waals surface area contributed by atoms with Crippen LogP contribution in [0.3, 0.4) is 0 Å². The van der Waals surface area contributed by atoms with Crippen molar-refractivity contribution < 1.29 is 17.7 Å². The summed E-state index contributed by atoms with van der Waals surface area (Å²) in [5.41, 5.74) is 4.90. The molecule has 1 unspecified atom stereocenters. The number of nitrogen functional groups attached to an aromatic ring is 1. The van der Waals surface area contributed by atoms with Crippen molar-refractivity contribution in [2.45, 2.75) is 24.3 Å². The molecule has 8 heteroatoms. The van der Waals surface area contributed by atoms with Crippen LogP contribution in [0, 0.1) is 0 Å². The highest BCUT2D eigenvalue weighted by Crippen LogP contribution is 2.39.